The molecule has 1 amide bonds. The third-order valence-corrected chi connectivity index (χ3v) is 5.14. The Bertz CT molecular complexity index is 874. The highest BCUT2D eigenvalue weighted by atomic mass is 16.5. The molecule has 1 saturated heterocycles. The summed E-state index contributed by atoms with van der Waals surface area (Å²) in [6.07, 6.45) is -0.297. The van der Waals surface area contributed by atoms with Crippen LogP contribution in [-0.2, 0) is 4.79 Å². The minimum Gasteiger partial charge on any atom is -0.494 e. The molecule has 0 aromatic heterocycles. The molecule has 0 bridgehead atoms. The average Bonchev–Trinajstić information content (AvgIpc) is 3.15. The van der Waals surface area contributed by atoms with Gasteiger partial charge in [0.15, 0.2) is 18.1 Å². The largest absolute Gasteiger partial charge is 0.494 e. The maximum absolute atomic E-state index is 12.6. The van der Waals surface area contributed by atoms with Crippen molar-refractivity contribution >= 4 is 5.91 Å². The lowest BCUT2D eigenvalue weighted by molar-refractivity contribution is -0.124. The molecule has 1 aliphatic rings. The predicted molar refractivity (Wildman–Crippen MR) is 122 cm³/mol. The quantitative estimate of drug-likeness (QED) is 0.492. The first kappa shape index (κ1) is 23.7. The highest BCUT2D eigenvalue weighted by molar-refractivity contribution is 5.78. The van der Waals surface area contributed by atoms with Gasteiger partial charge in [-0.2, -0.15) is 0 Å². The molecule has 3 rings (SSSR count). The van der Waals surface area contributed by atoms with Crippen molar-refractivity contribution < 1.29 is 23.7 Å². The molecule has 3 atom stereocenters. The van der Waals surface area contributed by atoms with Crippen molar-refractivity contribution in [2.75, 3.05) is 26.4 Å². The highest BCUT2D eigenvalue weighted by Crippen LogP contribution is 2.34. The van der Waals surface area contributed by atoms with Gasteiger partial charge in [0.2, 0.25) is 0 Å². The Morgan fingerprint density at radius 3 is 2.12 bits per heavy atom. The van der Waals surface area contributed by atoms with Crippen molar-refractivity contribution in [2.24, 2.45) is 0 Å². The van der Waals surface area contributed by atoms with Crippen LogP contribution in [0.2, 0.25) is 0 Å². The second kappa shape index (κ2) is 11.6. The lowest BCUT2D eigenvalue weighted by Gasteiger charge is -2.23. The van der Waals surface area contributed by atoms with Crippen LogP contribution in [-0.4, -0.2) is 44.5 Å². The van der Waals surface area contributed by atoms with E-state index in [1.807, 2.05) is 51.1 Å². The van der Waals surface area contributed by atoms with Crippen LogP contribution in [0, 0.1) is 0 Å². The van der Waals surface area contributed by atoms with E-state index in [1.54, 1.807) is 12.1 Å². The van der Waals surface area contributed by atoms with E-state index in [1.165, 1.54) is 0 Å². The predicted octanol–water partition coefficient (Wildman–Crippen LogP) is 2.98. The topological polar surface area (TPSA) is 90.1 Å². The molecule has 32 heavy (non-hydrogen) atoms. The SMILES string of the molecule is CCOc1ccc(OCC(=O)NC2NNC(C)C2c2ccc(OCC)c(OCC)c2)cc1. The molecule has 3 N–H and O–H groups in total. The second-order valence-corrected chi connectivity index (χ2v) is 7.41. The number of rotatable bonds is 11. The van der Waals surface area contributed by atoms with Crippen LogP contribution in [0.3, 0.4) is 0 Å². The van der Waals surface area contributed by atoms with E-state index in [9.17, 15) is 4.79 Å². The molecule has 1 fully saturated rings. The highest BCUT2D eigenvalue weighted by Gasteiger charge is 2.35. The minimum atomic E-state index is -0.297. The number of benzene rings is 2. The van der Waals surface area contributed by atoms with Gasteiger partial charge in [-0.3, -0.25) is 10.2 Å². The van der Waals surface area contributed by atoms with Crippen molar-refractivity contribution in [3.63, 3.8) is 0 Å². The molecule has 0 saturated carbocycles. The second-order valence-electron chi connectivity index (χ2n) is 7.41. The molecule has 3 unspecified atom stereocenters. The number of amides is 1. The molecule has 1 aliphatic heterocycles. The van der Waals surface area contributed by atoms with Gasteiger partial charge >= 0.3 is 0 Å². The Balaban J connectivity index is 1.63. The standard InChI is InChI=1S/C24H33N3O5/c1-5-29-18-9-11-19(12-10-18)32-15-22(28)25-24-23(16(4)26-27-24)17-8-13-20(30-6-2)21(14-17)31-7-3/h8-14,16,23-24,26-27H,5-7,15H2,1-4H3,(H,25,28). The molecule has 0 radical (unpaired) electrons. The van der Waals surface area contributed by atoms with E-state index >= 15 is 0 Å². The summed E-state index contributed by atoms with van der Waals surface area (Å²) in [7, 11) is 0. The smallest absolute Gasteiger partial charge is 0.259 e. The van der Waals surface area contributed by atoms with Gasteiger partial charge in [-0.25, -0.2) is 5.43 Å². The molecular weight excluding hydrogens is 410 g/mol. The van der Waals surface area contributed by atoms with Crippen LogP contribution in [0.15, 0.2) is 42.5 Å². The third-order valence-electron chi connectivity index (χ3n) is 5.14. The van der Waals surface area contributed by atoms with E-state index in [-0.39, 0.29) is 30.6 Å². The maximum atomic E-state index is 12.6. The monoisotopic (exact) mass is 443 g/mol. The lowest BCUT2D eigenvalue weighted by Crippen LogP contribution is -2.47. The first-order valence-electron chi connectivity index (χ1n) is 11.1. The number of hydrazine groups is 1. The van der Waals surface area contributed by atoms with E-state index in [0.29, 0.717) is 37.1 Å². The molecule has 1 heterocycles. The molecular formula is C24H33N3O5. The van der Waals surface area contributed by atoms with Gasteiger partial charge < -0.3 is 24.3 Å². The van der Waals surface area contributed by atoms with Crippen LogP contribution in [0.4, 0.5) is 0 Å². The normalized spacial score (nSPS) is 19.9. The summed E-state index contributed by atoms with van der Waals surface area (Å²) < 4.78 is 22.5. The van der Waals surface area contributed by atoms with Gasteiger partial charge in [-0.15, -0.1) is 0 Å². The van der Waals surface area contributed by atoms with E-state index in [4.69, 9.17) is 18.9 Å². The Labute approximate surface area is 189 Å². The zero-order chi connectivity index (χ0) is 22.9. The summed E-state index contributed by atoms with van der Waals surface area (Å²) in [6, 6.07) is 13.2. The number of ether oxygens (including phenoxy) is 4. The summed E-state index contributed by atoms with van der Waals surface area (Å²) >= 11 is 0. The number of nitrogens with one attached hydrogen (secondary N) is 3. The maximum Gasteiger partial charge on any atom is 0.259 e. The van der Waals surface area contributed by atoms with E-state index < -0.39 is 0 Å². The van der Waals surface area contributed by atoms with Crippen molar-refractivity contribution in [1.82, 2.24) is 16.2 Å². The summed E-state index contributed by atoms with van der Waals surface area (Å²) in [5.74, 6) is 2.58. The summed E-state index contributed by atoms with van der Waals surface area (Å²) in [4.78, 5) is 12.6. The van der Waals surface area contributed by atoms with Crippen molar-refractivity contribution in [3.8, 4) is 23.0 Å². The summed E-state index contributed by atoms with van der Waals surface area (Å²) in [5, 5.41) is 3.02. The minimum absolute atomic E-state index is 0.000640. The average molecular weight is 444 g/mol. The van der Waals surface area contributed by atoms with Crippen LogP contribution < -0.4 is 35.1 Å². The van der Waals surface area contributed by atoms with Gasteiger partial charge in [-0.1, -0.05) is 6.07 Å². The van der Waals surface area contributed by atoms with Gasteiger partial charge in [0.1, 0.15) is 17.7 Å². The first-order chi connectivity index (χ1) is 15.5. The van der Waals surface area contributed by atoms with Crippen LogP contribution in [0.1, 0.15) is 39.2 Å². The van der Waals surface area contributed by atoms with Crippen molar-refractivity contribution in [1.29, 1.82) is 0 Å². The Kier molecular flexibility index (Phi) is 8.58. The Morgan fingerprint density at radius 1 is 0.844 bits per heavy atom. The van der Waals surface area contributed by atoms with Gasteiger partial charge in [-0.05, 0) is 69.7 Å². The van der Waals surface area contributed by atoms with Gasteiger partial charge in [0.05, 0.1) is 19.8 Å². The number of hydrogen-bond acceptors (Lipinski definition) is 7. The van der Waals surface area contributed by atoms with Gasteiger partial charge in [0.25, 0.3) is 5.91 Å². The first-order valence-corrected chi connectivity index (χ1v) is 11.1. The summed E-state index contributed by atoms with van der Waals surface area (Å²) in [5.41, 5.74) is 7.43. The van der Waals surface area contributed by atoms with Crippen molar-refractivity contribution in [2.45, 2.75) is 45.8 Å². The molecule has 2 aromatic rings. The fourth-order valence-electron chi connectivity index (χ4n) is 3.73. The molecule has 0 aliphatic carbocycles. The molecule has 8 nitrogen and oxygen atoms in total. The van der Waals surface area contributed by atoms with Crippen molar-refractivity contribution in [3.05, 3.63) is 48.0 Å². The third kappa shape index (κ3) is 6.05. The molecule has 2 aromatic carbocycles. The zero-order valence-electron chi connectivity index (χ0n) is 19.1. The lowest BCUT2D eigenvalue weighted by atomic mass is 9.91. The molecule has 0 spiro atoms. The van der Waals surface area contributed by atoms with Crippen LogP contribution >= 0.6 is 0 Å². The number of hydrogen-bond donors (Lipinski definition) is 3. The zero-order valence-corrected chi connectivity index (χ0v) is 19.1. The van der Waals surface area contributed by atoms with E-state index in [0.717, 1.165) is 11.3 Å². The van der Waals surface area contributed by atoms with Crippen LogP contribution in [0.5, 0.6) is 23.0 Å². The van der Waals surface area contributed by atoms with E-state index in [2.05, 4.69) is 23.1 Å². The molecule has 174 valence electrons. The fourth-order valence-corrected chi connectivity index (χ4v) is 3.73. The van der Waals surface area contributed by atoms with Gasteiger partial charge in [0, 0.05) is 12.0 Å². The Morgan fingerprint density at radius 2 is 1.47 bits per heavy atom. The van der Waals surface area contributed by atoms with Crippen LogP contribution in [0.25, 0.3) is 0 Å². The number of carbonyl (C=O) groups excluding carboxylic acids is 1. The summed E-state index contributed by atoms with van der Waals surface area (Å²) in [6.45, 7) is 9.51. The molecule has 8 heteroatoms. The number of carbonyl (C=O) groups is 1. The Hall–Kier alpha value is -2.97. The fraction of sp³-hybridized carbons (Fsp3) is 0.458.